The van der Waals surface area contributed by atoms with Gasteiger partial charge in [0.25, 0.3) is 0 Å². The highest BCUT2D eigenvalue weighted by Gasteiger charge is 2.38. The van der Waals surface area contributed by atoms with Crippen LogP contribution in [0.1, 0.15) is 118 Å². The fourth-order valence-corrected chi connectivity index (χ4v) is 3.96. The van der Waals surface area contributed by atoms with Crippen molar-refractivity contribution < 1.29 is 14.9 Å². The van der Waals surface area contributed by atoms with Crippen molar-refractivity contribution in [2.75, 3.05) is 13.2 Å². The second-order valence-electron chi connectivity index (χ2n) is 7.74. The quantitative estimate of drug-likeness (QED) is 0.295. The Morgan fingerprint density at radius 1 is 0.560 bits per heavy atom. The molecule has 2 atom stereocenters. The van der Waals surface area contributed by atoms with Crippen LogP contribution in [-0.2, 0) is 4.74 Å². The molecule has 2 N–H and O–H groups in total. The summed E-state index contributed by atoms with van der Waals surface area (Å²) in [5.74, 6) is 0. The Bertz CT molecular complexity index is 267. The van der Waals surface area contributed by atoms with E-state index in [1.807, 2.05) is 0 Å². The lowest BCUT2D eigenvalue weighted by Crippen LogP contribution is -2.45. The van der Waals surface area contributed by atoms with E-state index in [4.69, 9.17) is 4.74 Å². The van der Waals surface area contributed by atoms with Crippen molar-refractivity contribution in [3.05, 3.63) is 0 Å². The molecule has 152 valence electrons. The molecule has 2 unspecified atom stereocenters. The number of aliphatic hydroxyl groups excluding tert-OH is 2. The highest BCUT2D eigenvalue weighted by Crippen LogP contribution is 2.39. The predicted molar refractivity (Wildman–Crippen MR) is 108 cm³/mol. The maximum Gasteiger partial charge on any atom is 0.0688 e. The third kappa shape index (κ3) is 9.96. The average molecular weight is 359 g/mol. The zero-order valence-electron chi connectivity index (χ0n) is 17.6. The summed E-state index contributed by atoms with van der Waals surface area (Å²) in [7, 11) is 0. The Balaban J connectivity index is 5.26. The van der Waals surface area contributed by atoms with Crippen LogP contribution in [0.4, 0.5) is 0 Å². The molecule has 25 heavy (non-hydrogen) atoms. The van der Waals surface area contributed by atoms with Crippen molar-refractivity contribution in [2.45, 2.75) is 129 Å². The summed E-state index contributed by atoms with van der Waals surface area (Å²) in [5, 5.41) is 18.8. The van der Waals surface area contributed by atoms with E-state index in [2.05, 4.69) is 27.7 Å². The van der Waals surface area contributed by atoms with Crippen LogP contribution in [0.25, 0.3) is 0 Å². The molecule has 0 saturated heterocycles. The first kappa shape index (κ1) is 24.9. The number of unbranched alkanes of at least 4 members (excludes halogenated alkanes) is 4. The molecule has 0 aliphatic heterocycles. The van der Waals surface area contributed by atoms with E-state index in [1.165, 1.54) is 38.5 Å². The topological polar surface area (TPSA) is 49.7 Å². The number of hydrogen-bond acceptors (Lipinski definition) is 3. The Hall–Kier alpha value is -0.120. The van der Waals surface area contributed by atoms with Crippen LogP contribution in [0.3, 0.4) is 0 Å². The first-order chi connectivity index (χ1) is 12.1. The lowest BCUT2D eigenvalue weighted by molar-refractivity contribution is -0.179. The zero-order chi connectivity index (χ0) is 19.0. The Morgan fingerprint density at radius 3 is 1.20 bits per heavy atom. The summed E-state index contributed by atoms with van der Waals surface area (Å²) in [6.45, 7) is 9.44. The standard InChI is InChI=1S/C22H46O3/c1-5-9-11-15-21(7-3,17-13-19-23)25-22(8-4,18-14-20-24)16-12-10-6-2/h23-24H,5-20H2,1-4H3. The van der Waals surface area contributed by atoms with Gasteiger partial charge in [0.15, 0.2) is 0 Å². The highest BCUT2D eigenvalue weighted by atomic mass is 16.5. The van der Waals surface area contributed by atoms with Gasteiger partial charge in [-0.05, 0) is 51.4 Å². The van der Waals surface area contributed by atoms with E-state index < -0.39 is 0 Å². The first-order valence-electron chi connectivity index (χ1n) is 11.0. The van der Waals surface area contributed by atoms with Gasteiger partial charge in [-0.1, -0.05) is 66.2 Å². The molecule has 0 rings (SSSR count). The van der Waals surface area contributed by atoms with E-state index >= 15 is 0 Å². The molecule has 0 bridgehead atoms. The van der Waals surface area contributed by atoms with E-state index in [9.17, 15) is 10.2 Å². The molecule has 0 saturated carbocycles. The fourth-order valence-electron chi connectivity index (χ4n) is 3.96. The minimum absolute atomic E-state index is 0.115. The normalized spacial score (nSPS) is 16.6. The van der Waals surface area contributed by atoms with Crippen molar-refractivity contribution >= 4 is 0 Å². The van der Waals surface area contributed by atoms with Crippen LogP contribution >= 0.6 is 0 Å². The van der Waals surface area contributed by atoms with Crippen LogP contribution in [0, 0.1) is 0 Å². The third-order valence-corrected chi connectivity index (χ3v) is 5.77. The number of rotatable bonds is 18. The van der Waals surface area contributed by atoms with Gasteiger partial charge in [0.2, 0.25) is 0 Å². The van der Waals surface area contributed by atoms with E-state index in [0.717, 1.165) is 51.4 Å². The zero-order valence-corrected chi connectivity index (χ0v) is 17.6. The van der Waals surface area contributed by atoms with E-state index in [-0.39, 0.29) is 24.4 Å². The van der Waals surface area contributed by atoms with Crippen molar-refractivity contribution in [3.8, 4) is 0 Å². The number of aliphatic hydroxyl groups is 2. The molecular weight excluding hydrogens is 312 g/mol. The molecule has 0 radical (unpaired) electrons. The summed E-state index contributed by atoms with van der Waals surface area (Å²) < 4.78 is 7.00. The molecule has 0 aromatic carbocycles. The summed E-state index contributed by atoms with van der Waals surface area (Å²) >= 11 is 0. The maximum atomic E-state index is 9.38. The summed E-state index contributed by atoms with van der Waals surface area (Å²) in [6.07, 6.45) is 15.0. The molecule has 3 heteroatoms. The molecule has 0 aliphatic carbocycles. The van der Waals surface area contributed by atoms with Gasteiger partial charge in [-0.15, -0.1) is 0 Å². The monoisotopic (exact) mass is 358 g/mol. The van der Waals surface area contributed by atoms with Crippen molar-refractivity contribution in [1.82, 2.24) is 0 Å². The van der Waals surface area contributed by atoms with Crippen LogP contribution in [0.2, 0.25) is 0 Å². The molecule has 0 heterocycles. The summed E-state index contributed by atoms with van der Waals surface area (Å²) in [4.78, 5) is 0. The van der Waals surface area contributed by atoms with Gasteiger partial charge in [0, 0.05) is 13.2 Å². The van der Waals surface area contributed by atoms with Crippen molar-refractivity contribution in [1.29, 1.82) is 0 Å². The van der Waals surface area contributed by atoms with Gasteiger partial charge in [-0.3, -0.25) is 0 Å². The van der Waals surface area contributed by atoms with E-state index in [0.29, 0.717) is 0 Å². The second-order valence-corrected chi connectivity index (χ2v) is 7.74. The Morgan fingerprint density at radius 2 is 0.920 bits per heavy atom. The summed E-state index contributed by atoms with van der Waals surface area (Å²) in [6, 6.07) is 0. The lowest BCUT2D eigenvalue weighted by atomic mass is 9.83. The van der Waals surface area contributed by atoms with Gasteiger partial charge in [-0.2, -0.15) is 0 Å². The highest BCUT2D eigenvalue weighted by molar-refractivity contribution is 4.88. The van der Waals surface area contributed by atoms with Gasteiger partial charge in [0.05, 0.1) is 11.2 Å². The van der Waals surface area contributed by atoms with Gasteiger partial charge in [0.1, 0.15) is 0 Å². The summed E-state index contributed by atoms with van der Waals surface area (Å²) in [5.41, 5.74) is -0.231. The SMILES string of the molecule is CCCCCC(CC)(CCCO)OC(CC)(CCCO)CCCCC. The third-order valence-electron chi connectivity index (χ3n) is 5.77. The van der Waals surface area contributed by atoms with Crippen molar-refractivity contribution in [2.24, 2.45) is 0 Å². The molecule has 0 amide bonds. The van der Waals surface area contributed by atoms with Gasteiger partial charge < -0.3 is 14.9 Å². The molecule has 0 aliphatic rings. The fraction of sp³-hybridized carbons (Fsp3) is 1.00. The maximum absolute atomic E-state index is 9.38. The number of hydrogen-bond donors (Lipinski definition) is 2. The molecule has 0 fully saturated rings. The lowest BCUT2D eigenvalue weighted by Gasteiger charge is -2.45. The van der Waals surface area contributed by atoms with Crippen LogP contribution < -0.4 is 0 Å². The van der Waals surface area contributed by atoms with E-state index in [1.54, 1.807) is 0 Å². The second kappa shape index (κ2) is 15.0. The largest absolute Gasteiger partial charge is 0.396 e. The average Bonchev–Trinajstić information content (AvgIpc) is 2.64. The van der Waals surface area contributed by atoms with Gasteiger partial charge >= 0.3 is 0 Å². The molecule has 0 spiro atoms. The minimum atomic E-state index is -0.115. The first-order valence-corrected chi connectivity index (χ1v) is 11.0. The minimum Gasteiger partial charge on any atom is -0.396 e. The smallest absolute Gasteiger partial charge is 0.0688 e. The van der Waals surface area contributed by atoms with Crippen LogP contribution in [-0.4, -0.2) is 34.6 Å². The Labute approximate surface area is 157 Å². The van der Waals surface area contributed by atoms with Crippen LogP contribution in [0.15, 0.2) is 0 Å². The molecule has 3 nitrogen and oxygen atoms in total. The van der Waals surface area contributed by atoms with Crippen molar-refractivity contribution in [3.63, 3.8) is 0 Å². The molecular formula is C22H46O3. The predicted octanol–water partition coefficient (Wildman–Crippen LogP) is 6.01. The number of ether oxygens (including phenoxy) is 1. The molecule has 0 aromatic heterocycles. The molecule has 0 aromatic rings. The van der Waals surface area contributed by atoms with Gasteiger partial charge in [-0.25, -0.2) is 0 Å². The van der Waals surface area contributed by atoms with Crippen LogP contribution in [0.5, 0.6) is 0 Å². The Kier molecular flexibility index (Phi) is 14.9.